The van der Waals surface area contributed by atoms with Gasteiger partial charge in [0.05, 0.1) is 33.4 Å². The second kappa shape index (κ2) is 24.2. The third kappa shape index (κ3) is 10.1. The van der Waals surface area contributed by atoms with Crippen LogP contribution in [0.1, 0.15) is 130 Å². The Morgan fingerprint density at radius 2 is 0.705 bits per heavy atom. The highest BCUT2D eigenvalue weighted by Crippen LogP contribution is 2.56. The van der Waals surface area contributed by atoms with Crippen LogP contribution in [-0.2, 0) is 29.1 Å². The van der Waals surface area contributed by atoms with Crippen molar-refractivity contribution in [3.8, 4) is 33.6 Å². The highest BCUT2D eigenvalue weighted by molar-refractivity contribution is 7.00. The molecule has 0 bridgehead atoms. The zero-order valence-electron chi connectivity index (χ0n) is 62.2. The molecule has 0 amide bonds. The molecule has 0 saturated carbocycles. The molecule has 2 aliphatic rings. The number of hydrogen-bond acceptors (Lipinski definition) is 4. The fourth-order valence-corrected chi connectivity index (χ4v) is 17.9. The summed E-state index contributed by atoms with van der Waals surface area (Å²) < 4.78 is 19.3. The number of para-hydroxylation sites is 4. The molecule has 4 aromatic heterocycles. The summed E-state index contributed by atoms with van der Waals surface area (Å²) in [6.45, 7) is 25.6. The van der Waals surface area contributed by atoms with Crippen LogP contribution < -0.4 is 26.2 Å². The maximum atomic E-state index is 7.13. The Labute approximate surface area is 615 Å². The molecule has 0 atom stereocenters. The SMILES string of the molecule is CCCCc1cc2oc3ccccc3c2c(-c2ccccc2)c1N1c2cc(-n3c4ccccc4c4cc(C(C)(C)C)ccc43)ccc2B2c3ccc(-n4c5ccccc5c5cc(C(C)(C)C)ccc54)cc3N(c3c(CCCC)cc4oc5ccccc5c4c3-c3ccccc3)c3cc(C(C)(C)C)cc1c32. The van der Waals surface area contributed by atoms with Gasteiger partial charge in [-0.2, -0.15) is 0 Å². The molecule has 17 aromatic rings. The van der Waals surface area contributed by atoms with Crippen molar-refractivity contribution in [3.05, 3.63) is 283 Å². The van der Waals surface area contributed by atoms with Gasteiger partial charge < -0.3 is 27.8 Å². The maximum absolute atomic E-state index is 7.13. The third-order valence-corrected chi connectivity index (χ3v) is 23.1. The molecule has 514 valence electrons. The van der Waals surface area contributed by atoms with Gasteiger partial charge in [-0.25, -0.2) is 0 Å². The molecule has 19 rings (SSSR count). The lowest BCUT2D eigenvalue weighted by molar-refractivity contribution is 0.590. The van der Waals surface area contributed by atoms with Crippen LogP contribution in [0.2, 0.25) is 0 Å². The second-order valence-corrected chi connectivity index (χ2v) is 32.8. The molecule has 105 heavy (non-hydrogen) atoms. The molecule has 6 heterocycles. The summed E-state index contributed by atoms with van der Waals surface area (Å²) in [6, 6.07) is 97.5. The van der Waals surface area contributed by atoms with Gasteiger partial charge in [0.15, 0.2) is 0 Å². The summed E-state index contributed by atoms with van der Waals surface area (Å²) in [6.07, 6.45) is 5.74. The summed E-state index contributed by atoms with van der Waals surface area (Å²) >= 11 is 0. The van der Waals surface area contributed by atoms with Crippen molar-refractivity contribution in [2.45, 2.75) is 131 Å². The quantitative estimate of drug-likeness (QED) is 0.114. The first-order valence-electron chi connectivity index (χ1n) is 38.1. The molecule has 0 spiro atoms. The number of fused-ring (bicyclic) bond motifs is 16. The lowest BCUT2D eigenvalue weighted by atomic mass is 9.33. The normalized spacial score (nSPS) is 13.3. The maximum Gasteiger partial charge on any atom is 0.252 e. The Bertz CT molecular complexity index is 6020. The van der Waals surface area contributed by atoms with Gasteiger partial charge in [-0.3, -0.25) is 0 Å². The zero-order chi connectivity index (χ0) is 71.5. The smallest absolute Gasteiger partial charge is 0.252 e. The first-order valence-corrected chi connectivity index (χ1v) is 38.1. The number of hydrogen-bond donors (Lipinski definition) is 0. The van der Waals surface area contributed by atoms with Gasteiger partial charge in [-0.1, -0.05) is 247 Å². The van der Waals surface area contributed by atoms with Crippen LogP contribution in [-0.4, -0.2) is 15.8 Å². The Morgan fingerprint density at radius 3 is 1.11 bits per heavy atom. The number of anilines is 6. The minimum Gasteiger partial charge on any atom is -0.456 e. The highest BCUT2D eigenvalue weighted by atomic mass is 16.3. The molecule has 0 saturated heterocycles. The molecule has 2 aliphatic heterocycles. The Kier molecular flexibility index (Phi) is 14.8. The number of aromatic nitrogens is 2. The number of rotatable bonds is 12. The summed E-state index contributed by atoms with van der Waals surface area (Å²) in [5, 5.41) is 9.46. The van der Waals surface area contributed by atoms with Crippen LogP contribution in [0.15, 0.2) is 264 Å². The van der Waals surface area contributed by atoms with Gasteiger partial charge in [-0.15, -0.1) is 0 Å². The number of aryl methyl sites for hydroxylation is 2. The third-order valence-electron chi connectivity index (χ3n) is 23.1. The van der Waals surface area contributed by atoms with E-state index < -0.39 is 0 Å². The molecule has 0 radical (unpaired) electrons. The van der Waals surface area contributed by atoms with Crippen molar-refractivity contribution in [2.24, 2.45) is 0 Å². The van der Waals surface area contributed by atoms with Crippen LogP contribution in [0, 0.1) is 0 Å². The van der Waals surface area contributed by atoms with Gasteiger partial charge in [-0.05, 0) is 194 Å². The summed E-state index contributed by atoms with van der Waals surface area (Å²) in [4.78, 5) is 5.54. The van der Waals surface area contributed by atoms with E-state index in [1.165, 1.54) is 122 Å². The average molecular weight is 1360 g/mol. The number of furan rings is 2. The highest BCUT2D eigenvalue weighted by Gasteiger charge is 2.47. The van der Waals surface area contributed by atoms with Crippen molar-refractivity contribution < 1.29 is 8.83 Å². The van der Waals surface area contributed by atoms with Crippen LogP contribution in [0.3, 0.4) is 0 Å². The topological polar surface area (TPSA) is 42.6 Å². The molecular weight excluding hydrogens is 1280 g/mol. The van der Waals surface area contributed by atoms with Gasteiger partial charge in [0, 0.05) is 88.3 Å². The van der Waals surface area contributed by atoms with Gasteiger partial charge in [0.2, 0.25) is 0 Å². The summed E-state index contributed by atoms with van der Waals surface area (Å²) in [5.41, 5.74) is 31.9. The molecule has 0 fully saturated rings. The Hall–Kier alpha value is -11.3. The second-order valence-electron chi connectivity index (χ2n) is 32.8. The van der Waals surface area contributed by atoms with Crippen molar-refractivity contribution >= 4 is 145 Å². The monoisotopic (exact) mass is 1360 g/mol. The number of unbranched alkanes of at least 4 members (excludes halogenated alkanes) is 2. The molecule has 0 unspecified atom stereocenters. The van der Waals surface area contributed by atoms with E-state index in [-0.39, 0.29) is 23.0 Å². The fraction of sp³-hybridized carbons (Fsp3) is 0.204. The Balaban J connectivity index is 1.00. The molecule has 6 nitrogen and oxygen atoms in total. The van der Waals surface area contributed by atoms with Crippen molar-refractivity contribution in [1.82, 2.24) is 9.13 Å². The number of nitrogens with zero attached hydrogens (tertiary/aromatic N) is 4. The van der Waals surface area contributed by atoms with Crippen molar-refractivity contribution in [1.29, 1.82) is 0 Å². The zero-order valence-corrected chi connectivity index (χ0v) is 62.2. The van der Waals surface area contributed by atoms with Gasteiger partial charge in [0.25, 0.3) is 6.71 Å². The lowest BCUT2D eigenvalue weighted by Gasteiger charge is -2.46. The average Bonchev–Trinajstić information content (AvgIpc) is 0.956. The van der Waals surface area contributed by atoms with E-state index in [9.17, 15) is 0 Å². The minimum absolute atomic E-state index is 0.0396. The standard InChI is InChI=1S/C98H87BN4O2/c1-12-14-30-62-52-87-91(71-38-24-28-42-85(71)104-87)89(60-32-18-16-19-33-60)94(62)102-81-58-67(100-77-40-26-22-36-69(77)73-54-64(96(3,4)5)44-50-79(73)100)46-48-75(81)99-76-49-47-68(101-78-41-27-23-37-70(78)74-55-65(97(6,7)8)45-51-80(74)101)59-82(76)103(84-57-66(98(9,10)11)56-83(102)93(84)99)95-63(31-15-13-2)53-88-92(72-39-25-29-43-86(72)105-88)90(95)61-34-20-17-21-35-61/h16-29,32-59H,12-15,30-31H2,1-11H3. The van der Waals surface area contributed by atoms with E-state index >= 15 is 0 Å². The molecule has 0 N–H and O–H groups in total. The molecule has 7 heteroatoms. The van der Waals surface area contributed by atoms with Crippen LogP contribution in [0.5, 0.6) is 0 Å². The van der Waals surface area contributed by atoms with Crippen LogP contribution >= 0.6 is 0 Å². The first-order chi connectivity index (χ1) is 50.9. The predicted molar refractivity (Wildman–Crippen MR) is 448 cm³/mol. The Morgan fingerprint density at radius 1 is 0.324 bits per heavy atom. The van der Waals surface area contributed by atoms with E-state index in [0.717, 1.165) is 116 Å². The molecular formula is C98H87BN4O2. The molecule has 13 aromatic carbocycles. The van der Waals surface area contributed by atoms with Gasteiger partial charge >= 0.3 is 0 Å². The van der Waals surface area contributed by atoms with Crippen LogP contribution in [0.4, 0.5) is 34.1 Å². The van der Waals surface area contributed by atoms with E-state index in [1.807, 2.05) is 0 Å². The van der Waals surface area contributed by atoms with Crippen molar-refractivity contribution in [2.75, 3.05) is 9.80 Å². The van der Waals surface area contributed by atoms with E-state index in [1.54, 1.807) is 0 Å². The van der Waals surface area contributed by atoms with E-state index in [0.29, 0.717) is 0 Å². The largest absolute Gasteiger partial charge is 0.456 e. The fourth-order valence-electron chi connectivity index (χ4n) is 17.9. The first kappa shape index (κ1) is 64.6. The van der Waals surface area contributed by atoms with Crippen LogP contribution in [0.25, 0.3) is 121 Å². The van der Waals surface area contributed by atoms with Gasteiger partial charge in [0.1, 0.15) is 22.3 Å². The number of benzene rings is 13. The molecule has 0 aliphatic carbocycles. The van der Waals surface area contributed by atoms with Crippen molar-refractivity contribution in [3.63, 3.8) is 0 Å². The summed E-state index contributed by atoms with van der Waals surface area (Å²) in [5.74, 6) is 0. The predicted octanol–water partition coefficient (Wildman–Crippen LogP) is 25.7. The minimum atomic E-state index is -0.331. The van der Waals surface area contributed by atoms with E-state index in [2.05, 4.69) is 350 Å². The summed E-state index contributed by atoms with van der Waals surface area (Å²) in [7, 11) is 0. The van der Waals surface area contributed by atoms with E-state index in [4.69, 9.17) is 8.83 Å². The lowest BCUT2D eigenvalue weighted by Crippen LogP contribution is -2.61.